The number of aromatic amines is 1. The number of anilines is 2. The fraction of sp³-hybridized carbons (Fsp3) is 0.333. The zero-order valence-corrected chi connectivity index (χ0v) is 16.7. The van der Waals surface area contributed by atoms with Gasteiger partial charge in [-0.25, -0.2) is 18.7 Å². The number of benzene rings is 1. The second-order valence-corrected chi connectivity index (χ2v) is 7.48. The highest BCUT2D eigenvalue weighted by Gasteiger charge is 2.28. The molecule has 3 aromatic rings. The molecular weight excluding hydrogens is 390 g/mol. The number of carbonyl (C=O) groups excluding carboxylic acids is 1. The van der Waals surface area contributed by atoms with Gasteiger partial charge in [-0.1, -0.05) is 6.07 Å². The Labute approximate surface area is 172 Å². The van der Waals surface area contributed by atoms with E-state index in [0.717, 1.165) is 30.3 Å². The molecule has 1 atom stereocenters. The number of aromatic nitrogens is 4. The Morgan fingerprint density at radius 3 is 2.80 bits per heavy atom. The SMILES string of the molecule is Cc1nc(Nc2cc(C)[nH]n2)cc([C@@H]2CCCN(C(=O)c3cccc(F)c3F)C2)n1. The number of rotatable bonds is 4. The number of halogens is 2. The summed E-state index contributed by atoms with van der Waals surface area (Å²) in [5.74, 6) is -0.798. The Morgan fingerprint density at radius 2 is 2.03 bits per heavy atom. The van der Waals surface area contributed by atoms with E-state index in [9.17, 15) is 13.6 Å². The minimum Gasteiger partial charge on any atom is -0.338 e. The van der Waals surface area contributed by atoms with Crippen LogP contribution in [0.1, 0.15) is 46.3 Å². The van der Waals surface area contributed by atoms with Crippen LogP contribution in [0.15, 0.2) is 30.3 Å². The van der Waals surface area contributed by atoms with Crippen molar-refractivity contribution in [3.63, 3.8) is 0 Å². The van der Waals surface area contributed by atoms with Crippen LogP contribution in [0.3, 0.4) is 0 Å². The minimum atomic E-state index is -1.11. The Morgan fingerprint density at radius 1 is 1.20 bits per heavy atom. The highest BCUT2D eigenvalue weighted by molar-refractivity contribution is 5.94. The summed E-state index contributed by atoms with van der Waals surface area (Å²) in [5.41, 5.74) is 1.48. The summed E-state index contributed by atoms with van der Waals surface area (Å²) >= 11 is 0. The van der Waals surface area contributed by atoms with Gasteiger partial charge in [0.2, 0.25) is 0 Å². The molecule has 0 radical (unpaired) electrons. The van der Waals surface area contributed by atoms with E-state index in [1.807, 2.05) is 19.1 Å². The smallest absolute Gasteiger partial charge is 0.256 e. The lowest BCUT2D eigenvalue weighted by atomic mass is 9.93. The molecule has 156 valence electrons. The fourth-order valence-electron chi connectivity index (χ4n) is 3.72. The van der Waals surface area contributed by atoms with E-state index in [1.165, 1.54) is 12.1 Å². The summed E-state index contributed by atoms with van der Waals surface area (Å²) in [5, 5.41) is 10.2. The van der Waals surface area contributed by atoms with E-state index >= 15 is 0 Å². The molecule has 1 saturated heterocycles. The normalized spacial score (nSPS) is 16.5. The van der Waals surface area contributed by atoms with E-state index in [2.05, 4.69) is 25.5 Å². The highest BCUT2D eigenvalue weighted by atomic mass is 19.2. The van der Waals surface area contributed by atoms with E-state index in [4.69, 9.17) is 0 Å². The number of aryl methyl sites for hydroxylation is 2. The van der Waals surface area contributed by atoms with Crippen molar-refractivity contribution in [2.24, 2.45) is 0 Å². The molecule has 2 aromatic heterocycles. The predicted octanol–water partition coefficient (Wildman–Crippen LogP) is 3.86. The highest BCUT2D eigenvalue weighted by Crippen LogP contribution is 2.29. The number of amides is 1. The third-order valence-corrected chi connectivity index (χ3v) is 5.13. The van der Waals surface area contributed by atoms with Crippen molar-refractivity contribution in [2.75, 3.05) is 18.4 Å². The van der Waals surface area contributed by atoms with Crippen LogP contribution in [0.2, 0.25) is 0 Å². The number of hydrogen-bond acceptors (Lipinski definition) is 5. The average molecular weight is 412 g/mol. The minimum absolute atomic E-state index is 0.0255. The van der Waals surface area contributed by atoms with Crippen molar-refractivity contribution in [1.82, 2.24) is 25.1 Å². The van der Waals surface area contributed by atoms with Gasteiger partial charge in [0.15, 0.2) is 17.5 Å². The first-order chi connectivity index (χ1) is 14.4. The number of hydrogen-bond donors (Lipinski definition) is 2. The van der Waals surface area contributed by atoms with Gasteiger partial charge in [0, 0.05) is 36.8 Å². The lowest BCUT2D eigenvalue weighted by molar-refractivity contribution is 0.0700. The lowest BCUT2D eigenvalue weighted by Gasteiger charge is -2.32. The van der Waals surface area contributed by atoms with Crippen LogP contribution < -0.4 is 5.32 Å². The van der Waals surface area contributed by atoms with E-state index in [-0.39, 0.29) is 11.5 Å². The van der Waals surface area contributed by atoms with Crippen LogP contribution in [-0.2, 0) is 0 Å². The molecule has 1 amide bonds. The van der Waals surface area contributed by atoms with Crippen molar-refractivity contribution >= 4 is 17.5 Å². The zero-order valence-electron chi connectivity index (χ0n) is 16.7. The Hall–Kier alpha value is -3.36. The molecule has 1 aliphatic rings. The Bertz CT molecular complexity index is 1080. The van der Waals surface area contributed by atoms with Gasteiger partial charge in [0.1, 0.15) is 11.6 Å². The number of H-pyrrole nitrogens is 1. The molecule has 9 heteroatoms. The third-order valence-electron chi connectivity index (χ3n) is 5.13. The average Bonchev–Trinajstić information content (AvgIpc) is 3.13. The van der Waals surface area contributed by atoms with Crippen LogP contribution in [0.4, 0.5) is 20.4 Å². The number of piperidine rings is 1. The van der Waals surface area contributed by atoms with E-state index in [1.54, 1.807) is 11.8 Å². The molecule has 30 heavy (non-hydrogen) atoms. The summed E-state index contributed by atoms with van der Waals surface area (Å²) in [6, 6.07) is 7.37. The van der Waals surface area contributed by atoms with Crippen molar-refractivity contribution in [1.29, 1.82) is 0 Å². The van der Waals surface area contributed by atoms with Crippen molar-refractivity contribution in [3.05, 3.63) is 64.7 Å². The first kappa shape index (κ1) is 19.9. The van der Waals surface area contributed by atoms with Crippen LogP contribution in [0, 0.1) is 25.5 Å². The Balaban J connectivity index is 1.54. The summed E-state index contributed by atoms with van der Waals surface area (Å²) < 4.78 is 27.6. The van der Waals surface area contributed by atoms with Gasteiger partial charge in [-0.3, -0.25) is 9.89 Å². The quantitative estimate of drug-likeness (QED) is 0.680. The molecule has 0 spiro atoms. The maximum absolute atomic E-state index is 14.1. The van der Waals surface area contributed by atoms with Gasteiger partial charge in [0.25, 0.3) is 5.91 Å². The molecule has 0 bridgehead atoms. The summed E-state index contributed by atoms with van der Waals surface area (Å²) in [6.07, 6.45) is 1.59. The zero-order chi connectivity index (χ0) is 21.3. The second kappa shape index (κ2) is 8.17. The van der Waals surface area contributed by atoms with Crippen LogP contribution >= 0.6 is 0 Å². The largest absolute Gasteiger partial charge is 0.338 e. The van der Waals surface area contributed by atoms with Crippen molar-refractivity contribution < 1.29 is 13.6 Å². The molecule has 3 heterocycles. The lowest BCUT2D eigenvalue weighted by Crippen LogP contribution is -2.39. The number of likely N-dealkylation sites (tertiary alicyclic amines) is 1. The first-order valence-electron chi connectivity index (χ1n) is 9.78. The maximum atomic E-state index is 14.1. The second-order valence-electron chi connectivity index (χ2n) is 7.48. The monoisotopic (exact) mass is 412 g/mol. The number of carbonyl (C=O) groups is 1. The van der Waals surface area contributed by atoms with Gasteiger partial charge in [-0.05, 0) is 38.8 Å². The standard InChI is InChI=1S/C21H22F2N6O/c1-12-9-19(28-27-12)26-18-10-17(24-13(2)25-18)14-5-4-8-29(11-14)21(30)15-6-3-7-16(22)20(15)23/h3,6-7,9-10,14H,4-5,8,11H2,1-2H3,(H2,24,25,26,27,28)/t14-/m1/s1. The molecule has 7 nitrogen and oxygen atoms in total. The fourth-order valence-corrected chi connectivity index (χ4v) is 3.72. The van der Waals surface area contributed by atoms with Crippen LogP contribution in [-0.4, -0.2) is 44.1 Å². The van der Waals surface area contributed by atoms with Gasteiger partial charge in [-0.2, -0.15) is 5.10 Å². The maximum Gasteiger partial charge on any atom is 0.256 e. The topological polar surface area (TPSA) is 86.8 Å². The molecule has 4 rings (SSSR count). The molecule has 0 aliphatic carbocycles. The van der Waals surface area contributed by atoms with Gasteiger partial charge >= 0.3 is 0 Å². The van der Waals surface area contributed by atoms with Gasteiger partial charge < -0.3 is 10.2 Å². The van der Waals surface area contributed by atoms with E-state index in [0.29, 0.717) is 30.5 Å². The van der Waals surface area contributed by atoms with Crippen molar-refractivity contribution in [3.8, 4) is 0 Å². The molecule has 1 fully saturated rings. The molecule has 0 unspecified atom stereocenters. The number of nitrogens with one attached hydrogen (secondary N) is 2. The first-order valence-corrected chi connectivity index (χ1v) is 9.78. The van der Waals surface area contributed by atoms with Crippen molar-refractivity contribution in [2.45, 2.75) is 32.6 Å². The Kier molecular flexibility index (Phi) is 5.43. The molecule has 1 aliphatic heterocycles. The third kappa shape index (κ3) is 4.14. The summed E-state index contributed by atoms with van der Waals surface area (Å²) in [4.78, 5) is 23.3. The number of nitrogens with zero attached hydrogens (tertiary/aromatic N) is 4. The van der Waals surface area contributed by atoms with Gasteiger partial charge in [0.05, 0.1) is 11.3 Å². The molecule has 1 aromatic carbocycles. The summed E-state index contributed by atoms with van der Waals surface area (Å²) in [7, 11) is 0. The molecule has 0 saturated carbocycles. The predicted molar refractivity (Wildman–Crippen MR) is 108 cm³/mol. The molecular formula is C21H22F2N6O. The summed E-state index contributed by atoms with van der Waals surface area (Å²) in [6.45, 7) is 4.58. The molecule has 2 N–H and O–H groups in total. The van der Waals surface area contributed by atoms with Crippen LogP contribution in [0.5, 0.6) is 0 Å². The van der Waals surface area contributed by atoms with Crippen LogP contribution in [0.25, 0.3) is 0 Å². The van der Waals surface area contributed by atoms with E-state index < -0.39 is 17.5 Å². The van der Waals surface area contributed by atoms with Gasteiger partial charge in [-0.15, -0.1) is 0 Å².